The van der Waals surface area contributed by atoms with Crippen molar-refractivity contribution in [2.45, 2.75) is 6.61 Å². The zero-order chi connectivity index (χ0) is 9.30. The van der Waals surface area contributed by atoms with Gasteiger partial charge in [-0.3, -0.25) is 0 Å². The van der Waals surface area contributed by atoms with E-state index in [2.05, 4.69) is 0 Å². The van der Waals surface area contributed by atoms with Gasteiger partial charge in [-0.05, 0) is 6.07 Å². The molecular formula is C7H4Cl2F2O. The first-order valence-electron chi connectivity index (χ1n) is 3.00. The number of benzene rings is 1. The molecule has 12 heavy (non-hydrogen) atoms. The number of rotatable bonds is 1. The highest BCUT2D eigenvalue weighted by Gasteiger charge is 2.15. The zero-order valence-corrected chi connectivity index (χ0v) is 7.26. The van der Waals surface area contributed by atoms with Gasteiger partial charge < -0.3 is 5.11 Å². The zero-order valence-electron chi connectivity index (χ0n) is 5.74. The van der Waals surface area contributed by atoms with Crippen molar-refractivity contribution in [1.82, 2.24) is 0 Å². The lowest BCUT2D eigenvalue weighted by Gasteiger charge is -2.04. The quantitative estimate of drug-likeness (QED) is 0.711. The minimum atomic E-state index is -0.971. The molecule has 5 heteroatoms. The van der Waals surface area contributed by atoms with Gasteiger partial charge in [-0.2, -0.15) is 0 Å². The Morgan fingerprint density at radius 1 is 1.17 bits per heavy atom. The van der Waals surface area contributed by atoms with Crippen LogP contribution in [-0.4, -0.2) is 5.11 Å². The third kappa shape index (κ3) is 1.53. The Morgan fingerprint density at radius 2 is 1.58 bits per heavy atom. The molecule has 0 unspecified atom stereocenters. The molecule has 1 nitrogen and oxygen atoms in total. The highest BCUT2D eigenvalue weighted by Crippen LogP contribution is 2.27. The van der Waals surface area contributed by atoms with E-state index in [-0.39, 0.29) is 10.0 Å². The smallest absolute Gasteiger partial charge is 0.150 e. The standard InChI is InChI=1S/C7H4Cl2F2O/c8-4-1-5(9)7(11)3(2-12)6(4)10/h1,12H,2H2. The molecule has 66 valence electrons. The van der Waals surface area contributed by atoms with Crippen LogP contribution in [-0.2, 0) is 6.61 Å². The number of aliphatic hydroxyl groups is 1. The van der Waals surface area contributed by atoms with Crippen LogP contribution in [0.2, 0.25) is 10.0 Å². The van der Waals surface area contributed by atoms with Crippen LogP contribution in [0.4, 0.5) is 8.78 Å². The third-order valence-corrected chi connectivity index (χ3v) is 1.91. The van der Waals surface area contributed by atoms with Gasteiger partial charge in [0.15, 0.2) is 0 Å². The van der Waals surface area contributed by atoms with Gasteiger partial charge in [0.2, 0.25) is 0 Å². The molecule has 0 fully saturated rings. The number of hydrogen-bond donors (Lipinski definition) is 1. The van der Waals surface area contributed by atoms with E-state index in [4.69, 9.17) is 28.3 Å². The van der Waals surface area contributed by atoms with Crippen molar-refractivity contribution in [2.24, 2.45) is 0 Å². The van der Waals surface area contributed by atoms with E-state index in [1.807, 2.05) is 0 Å². The van der Waals surface area contributed by atoms with Gasteiger partial charge in [-0.1, -0.05) is 23.2 Å². The summed E-state index contributed by atoms with van der Waals surface area (Å²) in [4.78, 5) is 0. The maximum absolute atomic E-state index is 12.9. The van der Waals surface area contributed by atoms with Crippen LogP contribution in [0.5, 0.6) is 0 Å². The molecule has 0 amide bonds. The SMILES string of the molecule is OCc1c(F)c(Cl)cc(Cl)c1F. The summed E-state index contributed by atoms with van der Waals surface area (Å²) < 4.78 is 25.7. The Kier molecular flexibility index (Phi) is 2.88. The molecule has 1 rings (SSSR count). The first kappa shape index (κ1) is 9.71. The number of halogens is 4. The maximum atomic E-state index is 12.9. The fraction of sp³-hybridized carbons (Fsp3) is 0.143. The molecule has 1 aromatic carbocycles. The lowest BCUT2D eigenvalue weighted by Crippen LogP contribution is -1.96. The molecule has 1 aromatic rings. The normalized spacial score (nSPS) is 10.4. The lowest BCUT2D eigenvalue weighted by atomic mass is 10.2. The van der Waals surface area contributed by atoms with E-state index in [0.717, 1.165) is 6.07 Å². The van der Waals surface area contributed by atoms with E-state index in [0.29, 0.717) is 0 Å². The lowest BCUT2D eigenvalue weighted by molar-refractivity contribution is 0.269. The summed E-state index contributed by atoms with van der Waals surface area (Å²) in [5.41, 5.74) is -0.507. The second kappa shape index (κ2) is 3.56. The average Bonchev–Trinajstić information content (AvgIpc) is 2.02. The summed E-state index contributed by atoms with van der Waals surface area (Å²) in [6, 6.07) is 0.951. The monoisotopic (exact) mass is 212 g/mol. The van der Waals surface area contributed by atoms with Gasteiger partial charge in [-0.15, -0.1) is 0 Å². The van der Waals surface area contributed by atoms with Crippen molar-refractivity contribution < 1.29 is 13.9 Å². The van der Waals surface area contributed by atoms with E-state index in [1.54, 1.807) is 0 Å². The van der Waals surface area contributed by atoms with Crippen LogP contribution >= 0.6 is 23.2 Å². The summed E-state index contributed by atoms with van der Waals surface area (Å²) in [5.74, 6) is -1.94. The van der Waals surface area contributed by atoms with E-state index in [9.17, 15) is 8.78 Å². The highest BCUT2D eigenvalue weighted by atomic mass is 35.5. The molecule has 0 aromatic heterocycles. The first-order valence-corrected chi connectivity index (χ1v) is 3.76. The van der Waals surface area contributed by atoms with Crippen molar-refractivity contribution >= 4 is 23.2 Å². The Labute approximate surface area is 77.5 Å². The predicted molar refractivity (Wildman–Crippen MR) is 42.3 cm³/mol. The topological polar surface area (TPSA) is 20.2 Å². The number of aliphatic hydroxyl groups excluding tert-OH is 1. The van der Waals surface area contributed by atoms with Gasteiger partial charge in [0, 0.05) is 0 Å². The van der Waals surface area contributed by atoms with Crippen LogP contribution in [0.15, 0.2) is 6.07 Å². The molecule has 0 aliphatic rings. The summed E-state index contributed by atoms with van der Waals surface area (Å²) in [6.45, 7) is -0.766. The van der Waals surface area contributed by atoms with Gasteiger partial charge in [0.05, 0.1) is 22.2 Å². The summed E-state index contributed by atoms with van der Waals surface area (Å²) in [7, 11) is 0. The Balaban J connectivity index is 3.42. The van der Waals surface area contributed by atoms with E-state index in [1.165, 1.54) is 0 Å². The Hall–Kier alpha value is -0.380. The van der Waals surface area contributed by atoms with Crippen LogP contribution < -0.4 is 0 Å². The van der Waals surface area contributed by atoms with Crippen molar-refractivity contribution in [2.75, 3.05) is 0 Å². The Morgan fingerprint density at radius 3 is 1.92 bits per heavy atom. The van der Waals surface area contributed by atoms with E-state index < -0.39 is 23.8 Å². The van der Waals surface area contributed by atoms with Gasteiger partial charge >= 0.3 is 0 Å². The second-order valence-corrected chi connectivity index (χ2v) is 2.92. The summed E-state index contributed by atoms with van der Waals surface area (Å²) in [5, 5.41) is 7.95. The largest absolute Gasteiger partial charge is 0.391 e. The minimum Gasteiger partial charge on any atom is -0.391 e. The summed E-state index contributed by atoms with van der Waals surface area (Å²) >= 11 is 10.7. The first-order chi connectivity index (χ1) is 5.57. The highest BCUT2D eigenvalue weighted by molar-refractivity contribution is 6.34. The third-order valence-electron chi connectivity index (χ3n) is 1.36. The fourth-order valence-electron chi connectivity index (χ4n) is 0.761. The van der Waals surface area contributed by atoms with Gasteiger partial charge in [0.1, 0.15) is 11.6 Å². The van der Waals surface area contributed by atoms with Crippen LogP contribution in [0, 0.1) is 11.6 Å². The minimum absolute atomic E-state index is 0.301. The molecule has 0 aliphatic heterocycles. The maximum Gasteiger partial charge on any atom is 0.150 e. The average molecular weight is 213 g/mol. The molecule has 0 spiro atoms. The van der Waals surface area contributed by atoms with Gasteiger partial charge in [0.25, 0.3) is 0 Å². The molecule has 0 radical (unpaired) electrons. The van der Waals surface area contributed by atoms with E-state index >= 15 is 0 Å². The van der Waals surface area contributed by atoms with Crippen molar-refractivity contribution in [3.05, 3.63) is 33.3 Å². The van der Waals surface area contributed by atoms with Crippen LogP contribution in [0.3, 0.4) is 0 Å². The molecular weight excluding hydrogens is 209 g/mol. The molecule has 0 atom stereocenters. The van der Waals surface area contributed by atoms with Gasteiger partial charge in [-0.25, -0.2) is 8.78 Å². The number of hydrogen-bond acceptors (Lipinski definition) is 1. The summed E-state index contributed by atoms with van der Waals surface area (Å²) in [6.07, 6.45) is 0. The van der Waals surface area contributed by atoms with Crippen molar-refractivity contribution in [3.63, 3.8) is 0 Å². The van der Waals surface area contributed by atoms with Crippen molar-refractivity contribution in [1.29, 1.82) is 0 Å². The molecule has 0 aliphatic carbocycles. The fourth-order valence-corrected chi connectivity index (χ4v) is 1.26. The molecule has 0 saturated carbocycles. The van der Waals surface area contributed by atoms with Crippen LogP contribution in [0.1, 0.15) is 5.56 Å². The Bertz CT molecular complexity index is 289. The second-order valence-electron chi connectivity index (χ2n) is 2.10. The predicted octanol–water partition coefficient (Wildman–Crippen LogP) is 2.76. The molecule has 0 saturated heterocycles. The van der Waals surface area contributed by atoms with Crippen molar-refractivity contribution in [3.8, 4) is 0 Å². The molecule has 1 N–H and O–H groups in total. The van der Waals surface area contributed by atoms with Crippen LogP contribution in [0.25, 0.3) is 0 Å². The molecule has 0 bridgehead atoms. The molecule has 0 heterocycles.